The SMILES string of the molecule is CC(C)CNS(=O)(=O)NC1(C#N)CCCCCCC1. The first kappa shape index (κ1) is 16.4. The van der Waals surface area contributed by atoms with Gasteiger partial charge in [-0.2, -0.15) is 18.4 Å². The first-order valence-corrected chi connectivity index (χ1v) is 8.57. The number of rotatable bonds is 5. The van der Waals surface area contributed by atoms with Gasteiger partial charge in [0.1, 0.15) is 5.54 Å². The molecular weight excluding hydrogens is 262 g/mol. The number of nitrogens with one attached hydrogen (secondary N) is 2. The minimum atomic E-state index is -3.60. The zero-order chi connectivity index (χ0) is 14.4. The van der Waals surface area contributed by atoms with Crippen LogP contribution in [0.3, 0.4) is 0 Å². The predicted octanol–water partition coefficient (Wildman–Crippen LogP) is 2.07. The van der Waals surface area contributed by atoms with Gasteiger partial charge in [0.15, 0.2) is 0 Å². The topological polar surface area (TPSA) is 82.0 Å². The molecule has 1 aliphatic rings. The molecule has 0 unspecified atom stereocenters. The van der Waals surface area contributed by atoms with Crippen LogP contribution in [0.15, 0.2) is 0 Å². The minimum Gasteiger partial charge on any atom is -0.202 e. The van der Waals surface area contributed by atoms with Gasteiger partial charge in [0, 0.05) is 6.54 Å². The molecule has 5 nitrogen and oxygen atoms in total. The van der Waals surface area contributed by atoms with E-state index in [0.717, 1.165) is 25.7 Å². The Bertz CT molecular complexity index is 404. The summed E-state index contributed by atoms with van der Waals surface area (Å²) in [4.78, 5) is 0. The molecule has 0 aromatic heterocycles. The molecule has 0 aromatic carbocycles. The smallest absolute Gasteiger partial charge is 0.202 e. The Balaban J connectivity index is 2.70. The highest BCUT2D eigenvalue weighted by Crippen LogP contribution is 2.26. The maximum absolute atomic E-state index is 12.0. The summed E-state index contributed by atoms with van der Waals surface area (Å²) < 4.78 is 29.1. The molecule has 0 atom stereocenters. The van der Waals surface area contributed by atoms with Crippen molar-refractivity contribution in [1.29, 1.82) is 5.26 Å². The van der Waals surface area contributed by atoms with Crippen LogP contribution in [0, 0.1) is 17.2 Å². The summed E-state index contributed by atoms with van der Waals surface area (Å²) in [5.74, 6) is 0.243. The van der Waals surface area contributed by atoms with Crippen LogP contribution in [0.1, 0.15) is 58.8 Å². The van der Waals surface area contributed by atoms with E-state index >= 15 is 0 Å². The lowest BCUT2D eigenvalue weighted by atomic mass is 9.86. The third-order valence-electron chi connectivity index (χ3n) is 3.43. The van der Waals surface area contributed by atoms with Crippen LogP contribution in [0.4, 0.5) is 0 Å². The lowest BCUT2D eigenvalue weighted by molar-refractivity contribution is 0.355. The average molecular weight is 287 g/mol. The van der Waals surface area contributed by atoms with Gasteiger partial charge in [0.25, 0.3) is 10.2 Å². The Morgan fingerprint density at radius 2 is 1.68 bits per heavy atom. The molecule has 2 N–H and O–H groups in total. The standard InChI is InChI=1S/C13H25N3O2S/c1-12(2)10-15-19(17,18)16-13(11-14)8-6-4-3-5-7-9-13/h12,15-16H,3-10H2,1-2H3. The van der Waals surface area contributed by atoms with Gasteiger partial charge < -0.3 is 0 Å². The van der Waals surface area contributed by atoms with Crippen LogP contribution in [-0.2, 0) is 10.2 Å². The summed E-state index contributed by atoms with van der Waals surface area (Å²) in [5.41, 5.74) is -0.927. The maximum atomic E-state index is 12.0. The number of hydrogen-bond acceptors (Lipinski definition) is 3. The average Bonchev–Trinajstić information content (AvgIpc) is 2.30. The van der Waals surface area contributed by atoms with Gasteiger partial charge in [0.05, 0.1) is 6.07 Å². The van der Waals surface area contributed by atoms with Gasteiger partial charge >= 0.3 is 0 Å². The van der Waals surface area contributed by atoms with Crippen molar-refractivity contribution in [3.8, 4) is 6.07 Å². The van der Waals surface area contributed by atoms with Crippen LogP contribution in [0.5, 0.6) is 0 Å². The lowest BCUT2D eigenvalue weighted by Crippen LogP contribution is -2.52. The normalized spacial score (nSPS) is 20.5. The second-order valence-electron chi connectivity index (χ2n) is 5.81. The van der Waals surface area contributed by atoms with Crippen LogP contribution in [-0.4, -0.2) is 20.5 Å². The molecule has 0 radical (unpaired) electrons. The molecule has 0 bridgehead atoms. The van der Waals surface area contributed by atoms with E-state index in [1.165, 1.54) is 6.42 Å². The highest BCUT2D eigenvalue weighted by molar-refractivity contribution is 7.87. The van der Waals surface area contributed by atoms with Crippen LogP contribution >= 0.6 is 0 Å². The monoisotopic (exact) mass is 287 g/mol. The van der Waals surface area contributed by atoms with Crippen molar-refractivity contribution in [2.45, 2.75) is 64.3 Å². The van der Waals surface area contributed by atoms with Gasteiger partial charge in [-0.1, -0.05) is 46.0 Å². The molecule has 0 spiro atoms. The summed E-state index contributed by atoms with van der Waals surface area (Å²) in [5, 5.41) is 9.39. The Morgan fingerprint density at radius 3 is 2.16 bits per heavy atom. The van der Waals surface area contributed by atoms with Crippen molar-refractivity contribution < 1.29 is 8.42 Å². The van der Waals surface area contributed by atoms with E-state index in [9.17, 15) is 13.7 Å². The Kier molecular flexibility index (Phi) is 6.24. The Labute approximate surface area is 117 Å². The molecule has 1 fully saturated rings. The van der Waals surface area contributed by atoms with E-state index in [-0.39, 0.29) is 5.92 Å². The first-order valence-electron chi connectivity index (χ1n) is 7.09. The Hall–Kier alpha value is -0.640. The number of nitrogens with zero attached hydrogens (tertiary/aromatic N) is 1. The van der Waals surface area contributed by atoms with Crippen molar-refractivity contribution in [2.75, 3.05) is 6.54 Å². The quantitative estimate of drug-likeness (QED) is 0.812. The molecule has 0 aromatic rings. The van der Waals surface area contributed by atoms with E-state index in [0.29, 0.717) is 19.4 Å². The summed E-state index contributed by atoms with van der Waals surface area (Å²) in [7, 11) is -3.60. The van der Waals surface area contributed by atoms with E-state index in [4.69, 9.17) is 0 Å². The van der Waals surface area contributed by atoms with E-state index < -0.39 is 15.7 Å². The van der Waals surface area contributed by atoms with Gasteiger partial charge in [-0.25, -0.2) is 4.72 Å². The third-order valence-corrected chi connectivity index (χ3v) is 4.64. The van der Waals surface area contributed by atoms with E-state index in [2.05, 4.69) is 15.5 Å². The molecular formula is C13H25N3O2S. The fourth-order valence-corrected chi connectivity index (χ4v) is 3.70. The number of hydrogen-bond donors (Lipinski definition) is 2. The van der Waals surface area contributed by atoms with Crippen molar-refractivity contribution in [2.24, 2.45) is 5.92 Å². The molecule has 110 valence electrons. The first-order chi connectivity index (χ1) is 8.89. The van der Waals surface area contributed by atoms with Gasteiger partial charge in [-0.15, -0.1) is 0 Å². The molecule has 0 amide bonds. The van der Waals surface area contributed by atoms with Crippen molar-refractivity contribution in [3.05, 3.63) is 0 Å². The Morgan fingerprint density at radius 1 is 1.16 bits per heavy atom. The highest BCUT2D eigenvalue weighted by Gasteiger charge is 2.34. The molecule has 1 aliphatic carbocycles. The zero-order valence-electron chi connectivity index (χ0n) is 11.9. The molecule has 0 aliphatic heterocycles. The third kappa shape index (κ3) is 5.89. The van der Waals surface area contributed by atoms with Crippen LogP contribution in [0.2, 0.25) is 0 Å². The lowest BCUT2D eigenvalue weighted by Gasteiger charge is -2.29. The molecule has 1 rings (SSSR count). The molecule has 6 heteroatoms. The maximum Gasteiger partial charge on any atom is 0.278 e. The summed E-state index contributed by atoms with van der Waals surface area (Å²) in [6.45, 7) is 4.27. The van der Waals surface area contributed by atoms with Crippen molar-refractivity contribution in [3.63, 3.8) is 0 Å². The zero-order valence-corrected chi connectivity index (χ0v) is 12.7. The van der Waals surface area contributed by atoms with Crippen LogP contribution in [0.25, 0.3) is 0 Å². The van der Waals surface area contributed by atoms with Crippen LogP contribution < -0.4 is 9.44 Å². The van der Waals surface area contributed by atoms with E-state index in [1.54, 1.807) is 0 Å². The fraction of sp³-hybridized carbons (Fsp3) is 0.923. The molecule has 1 saturated carbocycles. The van der Waals surface area contributed by atoms with Gasteiger partial charge in [-0.05, 0) is 18.8 Å². The second kappa shape index (κ2) is 7.22. The van der Waals surface area contributed by atoms with Gasteiger partial charge in [-0.3, -0.25) is 0 Å². The predicted molar refractivity (Wildman–Crippen MR) is 75.6 cm³/mol. The summed E-state index contributed by atoms with van der Waals surface area (Å²) in [6, 6.07) is 2.20. The summed E-state index contributed by atoms with van der Waals surface area (Å²) >= 11 is 0. The molecule has 0 saturated heterocycles. The van der Waals surface area contributed by atoms with Crippen molar-refractivity contribution in [1.82, 2.24) is 9.44 Å². The fourth-order valence-electron chi connectivity index (χ4n) is 2.32. The van der Waals surface area contributed by atoms with Crippen molar-refractivity contribution >= 4 is 10.2 Å². The highest BCUT2D eigenvalue weighted by atomic mass is 32.2. The minimum absolute atomic E-state index is 0.243. The van der Waals surface area contributed by atoms with Gasteiger partial charge in [0.2, 0.25) is 0 Å². The molecule has 19 heavy (non-hydrogen) atoms. The largest absolute Gasteiger partial charge is 0.278 e. The number of nitriles is 1. The summed E-state index contributed by atoms with van der Waals surface area (Å²) in [6.07, 6.45) is 6.34. The molecule has 0 heterocycles. The van der Waals surface area contributed by atoms with E-state index in [1.807, 2.05) is 13.8 Å². The second-order valence-corrected chi connectivity index (χ2v) is 7.31.